The lowest BCUT2D eigenvalue weighted by molar-refractivity contribution is -0.137. The summed E-state index contributed by atoms with van der Waals surface area (Å²) in [5, 5.41) is -0.394. The number of anilines is 1. The lowest BCUT2D eigenvalue weighted by Crippen LogP contribution is -2.38. The van der Waals surface area contributed by atoms with Crippen molar-refractivity contribution < 1.29 is 31.1 Å². The molecule has 0 aromatic heterocycles. The largest absolute Gasteiger partial charge is 0.484 e. The van der Waals surface area contributed by atoms with Crippen LogP contribution >= 0.6 is 23.4 Å². The van der Waals surface area contributed by atoms with Gasteiger partial charge in [0.05, 0.1) is 33.8 Å². The number of hydrogen-bond donors (Lipinski definition) is 0. The minimum Gasteiger partial charge on any atom is -0.484 e. The molecule has 0 N–H and O–H groups in total. The van der Waals surface area contributed by atoms with Crippen molar-refractivity contribution in [3.05, 3.63) is 59.1 Å². The second kappa shape index (κ2) is 8.60. The van der Waals surface area contributed by atoms with E-state index in [1.807, 2.05) is 0 Å². The average molecular weight is 505 g/mol. The summed E-state index contributed by atoms with van der Waals surface area (Å²) in [6.07, 6.45) is -4.62. The van der Waals surface area contributed by atoms with Crippen LogP contribution in [0.4, 0.5) is 18.9 Å². The van der Waals surface area contributed by atoms with Crippen LogP contribution in [0.5, 0.6) is 5.75 Å². The molecule has 0 saturated carbocycles. The number of hydrogen-bond acceptors (Lipinski definition) is 5. The van der Waals surface area contributed by atoms with Crippen LogP contribution in [0.25, 0.3) is 0 Å². The number of benzene rings is 2. The van der Waals surface area contributed by atoms with Crippen LogP contribution in [0.1, 0.15) is 5.56 Å². The summed E-state index contributed by atoms with van der Waals surface area (Å²) in [6, 6.07) is 10.7. The Hall–Kier alpha value is -2.24. The number of ether oxygens (including phenoxy) is 1. The lowest BCUT2D eigenvalue weighted by atomic mass is 10.1. The third-order valence-corrected chi connectivity index (χ3v) is 8.45. The van der Waals surface area contributed by atoms with Crippen molar-refractivity contribution in [3.8, 4) is 5.75 Å². The Kier molecular flexibility index (Phi) is 6.17. The van der Waals surface area contributed by atoms with E-state index in [4.69, 9.17) is 16.3 Å². The number of fused-ring (bicyclic) bond motifs is 1. The molecule has 2 atom stereocenters. The summed E-state index contributed by atoms with van der Waals surface area (Å²) < 4.78 is 69.5. The van der Waals surface area contributed by atoms with E-state index in [9.17, 15) is 26.4 Å². The fourth-order valence-electron chi connectivity index (χ4n) is 3.52. The number of halogens is 4. The first-order chi connectivity index (χ1) is 15.0. The lowest BCUT2D eigenvalue weighted by Gasteiger charge is -2.26. The van der Waals surface area contributed by atoms with Crippen molar-refractivity contribution in [1.82, 2.24) is 0 Å². The van der Waals surface area contributed by atoms with E-state index in [0.29, 0.717) is 5.75 Å². The Morgan fingerprint density at radius 1 is 1.19 bits per heavy atom. The van der Waals surface area contributed by atoms with Crippen LogP contribution in [0.15, 0.2) is 53.5 Å². The van der Waals surface area contributed by atoms with Gasteiger partial charge >= 0.3 is 6.18 Å². The third kappa shape index (κ3) is 4.89. The van der Waals surface area contributed by atoms with Crippen molar-refractivity contribution in [2.24, 2.45) is 4.99 Å². The van der Waals surface area contributed by atoms with Crippen molar-refractivity contribution in [2.45, 2.75) is 17.5 Å². The predicted molar refractivity (Wildman–Crippen MR) is 117 cm³/mol. The van der Waals surface area contributed by atoms with Crippen molar-refractivity contribution in [3.63, 3.8) is 0 Å². The van der Waals surface area contributed by atoms with Gasteiger partial charge in [0.25, 0.3) is 5.91 Å². The summed E-state index contributed by atoms with van der Waals surface area (Å²) in [5.74, 6) is -0.637. The molecule has 0 spiro atoms. The van der Waals surface area contributed by atoms with Gasteiger partial charge in [-0.1, -0.05) is 41.6 Å². The van der Waals surface area contributed by atoms with E-state index in [1.165, 1.54) is 4.90 Å². The van der Waals surface area contributed by atoms with Crippen LogP contribution in [0.2, 0.25) is 5.02 Å². The number of sulfone groups is 1. The maximum absolute atomic E-state index is 13.3. The van der Waals surface area contributed by atoms with Gasteiger partial charge in [-0.05, 0) is 30.3 Å². The number of amidine groups is 1. The molecule has 2 aliphatic rings. The zero-order chi connectivity index (χ0) is 23.1. The number of para-hydroxylation sites is 1. The maximum Gasteiger partial charge on any atom is 0.416 e. The van der Waals surface area contributed by atoms with E-state index in [-0.39, 0.29) is 34.0 Å². The fraction of sp³-hybridized carbons (Fsp3) is 0.300. The molecule has 170 valence electrons. The number of thioether (sulfide) groups is 1. The van der Waals surface area contributed by atoms with E-state index >= 15 is 0 Å². The minimum absolute atomic E-state index is 0.00997. The molecule has 2 unspecified atom stereocenters. The van der Waals surface area contributed by atoms with Crippen molar-refractivity contribution in [2.75, 3.05) is 23.0 Å². The quantitative estimate of drug-likeness (QED) is 0.625. The maximum atomic E-state index is 13.3. The highest BCUT2D eigenvalue weighted by molar-refractivity contribution is 8.16. The Bertz CT molecular complexity index is 1170. The molecule has 2 saturated heterocycles. The highest BCUT2D eigenvalue weighted by Gasteiger charge is 2.50. The van der Waals surface area contributed by atoms with Gasteiger partial charge in [0.15, 0.2) is 21.6 Å². The molecule has 2 fully saturated rings. The van der Waals surface area contributed by atoms with Crippen molar-refractivity contribution in [1.29, 1.82) is 0 Å². The Morgan fingerprint density at radius 3 is 2.59 bits per heavy atom. The Morgan fingerprint density at radius 2 is 1.91 bits per heavy atom. The van der Waals surface area contributed by atoms with Gasteiger partial charge in [-0.3, -0.25) is 4.79 Å². The second-order valence-electron chi connectivity index (χ2n) is 7.22. The molecule has 1 amide bonds. The van der Waals surface area contributed by atoms with Gasteiger partial charge < -0.3 is 9.64 Å². The molecule has 2 aromatic rings. The summed E-state index contributed by atoms with van der Waals surface area (Å²) in [6.45, 7) is -0.383. The molecule has 0 bridgehead atoms. The molecular formula is C20H16ClF3N2O4S2. The molecule has 4 rings (SSSR count). The molecule has 6 nitrogen and oxygen atoms in total. The van der Waals surface area contributed by atoms with Crippen LogP contribution in [-0.4, -0.2) is 48.9 Å². The van der Waals surface area contributed by atoms with Crippen molar-refractivity contribution >= 4 is 50.0 Å². The Labute approximate surface area is 191 Å². The van der Waals surface area contributed by atoms with E-state index in [1.54, 1.807) is 30.3 Å². The molecule has 32 heavy (non-hydrogen) atoms. The first-order valence-corrected chi connectivity index (χ1v) is 12.4. The molecule has 0 aliphatic carbocycles. The summed E-state index contributed by atoms with van der Waals surface area (Å²) in [4.78, 5) is 17.8. The first-order valence-electron chi connectivity index (χ1n) is 9.36. The van der Waals surface area contributed by atoms with Gasteiger partial charge in [-0.15, -0.1) is 0 Å². The Balaban J connectivity index is 1.66. The predicted octanol–water partition coefficient (Wildman–Crippen LogP) is 4.04. The molecule has 12 heteroatoms. The van der Waals surface area contributed by atoms with Crippen LogP contribution in [0, 0.1) is 0 Å². The summed E-state index contributed by atoms with van der Waals surface area (Å²) >= 11 is 7.24. The van der Waals surface area contributed by atoms with E-state index in [2.05, 4.69) is 4.99 Å². The average Bonchev–Trinajstić information content (AvgIpc) is 3.17. The highest BCUT2D eigenvalue weighted by atomic mass is 35.5. The van der Waals surface area contributed by atoms with Gasteiger partial charge in [-0.25, -0.2) is 8.42 Å². The van der Waals surface area contributed by atoms with Crippen LogP contribution in [0.3, 0.4) is 0 Å². The smallest absolute Gasteiger partial charge is 0.416 e. The molecule has 2 heterocycles. The van der Waals surface area contributed by atoms with E-state index < -0.39 is 38.8 Å². The van der Waals surface area contributed by atoms with E-state index in [0.717, 1.165) is 30.0 Å². The SMILES string of the molecule is O=C(COc1ccccc1)N=C1SC2CS(=O)(=O)CC2N1c1cc(C(F)(F)F)ccc1Cl. The highest BCUT2D eigenvalue weighted by Crippen LogP contribution is 2.44. The van der Waals surface area contributed by atoms with Crippen LogP contribution in [-0.2, 0) is 20.8 Å². The zero-order valence-electron chi connectivity index (χ0n) is 16.3. The molecular weight excluding hydrogens is 489 g/mol. The van der Waals surface area contributed by atoms with Gasteiger partial charge in [0.2, 0.25) is 0 Å². The fourth-order valence-corrected chi connectivity index (χ4v) is 7.65. The standard InChI is InChI=1S/C20H16ClF3N2O4S2/c21-14-7-6-12(20(22,23)24)8-15(14)26-16-10-32(28,29)11-17(16)31-19(26)25-18(27)9-30-13-4-2-1-3-5-13/h1-8,16-17H,9-11H2. The number of carbonyl (C=O) groups excluding carboxylic acids is 1. The molecule has 0 radical (unpaired) electrons. The topological polar surface area (TPSA) is 76.0 Å². The number of carbonyl (C=O) groups is 1. The number of nitrogens with zero attached hydrogens (tertiary/aromatic N) is 2. The third-order valence-electron chi connectivity index (χ3n) is 4.93. The second-order valence-corrected chi connectivity index (χ2v) is 11.0. The molecule has 2 aromatic carbocycles. The number of aliphatic imine (C=N–C) groups is 1. The number of alkyl halides is 3. The minimum atomic E-state index is -4.62. The number of amides is 1. The van der Waals surface area contributed by atoms with Gasteiger partial charge in [0, 0.05) is 5.25 Å². The first kappa shape index (κ1) is 22.9. The monoisotopic (exact) mass is 504 g/mol. The summed E-state index contributed by atoms with van der Waals surface area (Å²) in [5.41, 5.74) is -0.988. The number of rotatable bonds is 4. The normalized spacial score (nSPS) is 23.4. The zero-order valence-corrected chi connectivity index (χ0v) is 18.6. The molecule has 2 aliphatic heterocycles. The van der Waals surface area contributed by atoms with Gasteiger partial charge in [0.1, 0.15) is 5.75 Å². The van der Waals surface area contributed by atoms with Gasteiger partial charge in [-0.2, -0.15) is 18.2 Å². The van der Waals surface area contributed by atoms with Crippen LogP contribution < -0.4 is 9.64 Å². The summed E-state index contributed by atoms with van der Waals surface area (Å²) in [7, 11) is -3.39.